The van der Waals surface area contributed by atoms with Crippen molar-refractivity contribution in [3.05, 3.63) is 99.4 Å². The Morgan fingerprint density at radius 2 is 1.75 bits per heavy atom. The van der Waals surface area contributed by atoms with E-state index in [4.69, 9.17) is 0 Å². The smallest absolute Gasteiger partial charge is 0.274 e. The number of nitrogens with zero attached hydrogens (tertiary/aromatic N) is 3. The lowest BCUT2D eigenvalue weighted by Crippen LogP contribution is -2.30. The van der Waals surface area contributed by atoms with Crippen LogP contribution in [0.25, 0.3) is 0 Å². The molecule has 0 unspecified atom stereocenters. The largest absolute Gasteiger partial charge is 0.350 e. The lowest BCUT2D eigenvalue weighted by Gasteiger charge is -2.30. The maximum atomic E-state index is 11.7. The third-order valence-corrected chi connectivity index (χ3v) is 5.60. The SMILES string of the molecule is CCc1ccc(CN2CCCn3cccc3[C@H]2c2ccccc2[N+](=O)[O-])cc1. The third kappa shape index (κ3) is 3.58. The Bertz CT molecular complexity index is 962. The van der Waals surface area contributed by atoms with Crippen molar-refractivity contribution in [1.82, 2.24) is 9.47 Å². The van der Waals surface area contributed by atoms with Crippen LogP contribution in [0, 0.1) is 10.1 Å². The number of aryl methyl sites for hydroxylation is 2. The average Bonchev–Trinajstić information content (AvgIpc) is 3.10. The fourth-order valence-electron chi connectivity index (χ4n) is 4.17. The molecule has 5 heteroatoms. The fourth-order valence-corrected chi connectivity index (χ4v) is 4.17. The maximum absolute atomic E-state index is 11.7. The zero-order valence-corrected chi connectivity index (χ0v) is 16.1. The summed E-state index contributed by atoms with van der Waals surface area (Å²) in [6.45, 7) is 4.76. The van der Waals surface area contributed by atoms with Crippen LogP contribution < -0.4 is 0 Å². The number of nitro benzene ring substituents is 1. The van der Waals surface area contributed by atoms with E-state index in [1.807, 2.05) is 18.2 Å². The van der Waals surface area contributed by atoms with Crippen molar-refractivity contribution in [3.63, 3.8) is 0 Å². The number of para-hydroxylation sites is 1. The predicted molar refractivity (Wildman–Crippen MR) is 110 cm³/mol. The van der Waals surface area contributed by atoms with Crippen LogP contribution in [-0.2, 0) is 19.5 Å². The Morgan fingerprint density at radius 3 is 2.50 bits per heavy atom. The summed E-state index contributed by atoms with van der Waals surface area (Å²) in [6.07, 6.45) is 4.12. The number of fused-ring (bicyclic) bond motifs is 1. The van der Waals surface area contributed by atoms with Crippen LogP contribution in [0.3, 0.4) is 0 Å². The first-order valence-electron chi connectivity index (χ1n) is 9.87. The molecule has 3 aromatic rings. The van der Waals surface area contributed by atoms with Gasteiger partial charge in [-0.05, 0) is 36.1 Å². The van der Waals surface area contributed by atoms with Crippen molar-refractivity contribution in [2.45, 2.75) is 38.9 Å². The first-order valence-corrected chi connectivity index (χ1v) is 9.87. The zero-order valence-electron chi connectivity index (χ0n) is 16.1. The highest BCUT2D eigenvalue weighted by Gasteiger charge is 2.32. The first kappa shape index (κ1) is 18.4. The van der Waals surface area contributed by atoms with E-state index in [1.54, 1.807) is 12.1 Å². The normalized spacial score (nSPS) is 17.1. The number of aromatic nitrogens is 1. The number of rotatable bonds is 5. The standard InChI is InChI=1S/C23H25N3O2/c1-2-18-10-12-19(13-11-18)17-25-16-6-15-24-14-5-9-22(24)23(25)20-7-3-4-8-21(20)26(27)28/h3-5,7-14,23H,2,6,15-17H2,1H3/t23-/m1/s1. The predicted octanol–water partition coefficient (Wildman–Crippen LogP) is 4.95. The summed E-state index contributed by atoms with van der Waals surface area (Å²) in [5, 5.41) is 11.7. The summed E-state index contributed by atoms with van der Waals surface area (Å²) >= 11 is 0. The summed E-state index contributed by atoms with van der Waals surface area (Å²) in [5.41, 5.74) is 4.63. The Kier molecular flexibility index (Phi) is 5.26. The van der Waals surface area contributed by atoms with E-state index in [1.165, 1.54) is 11.1 Å². The molecular formula is C23H25N3O2. The van der Waals surface area contributed by atoms with E-state index in [0.29, 0.717) is 0 Å². The fraction of sp³-hybridized carbons (Fsp3) is 0.304. The molecule has 4 rings (SSSR count). The van der Waals surface area contributed by atoms with Crippen LogP contribution in [0.1, 0.15) is 41.8 Å². The molecule has 1 atom stereocenters. The molecule has 0 aliphatic carbocycles. The molecule has 0 saturated heterocycles. The first-order chi connectivity index (χ1) is 13.7. The zero-order chi connectivity index (χ0) is 19.5. The van der Waals surface area contributed by atoms with Gasteiger partial charge in [0.2, 0.25) is 0 Å². The van der Waals surface area contributed by atoms with E-state index in [9.17, 15) is 10.1 Å². The molecule has 0 fully saturated rings. The van der Waals surface area contributed by atoms with Gasteiger partial charge in [-0.25, -0.2) is 0 Å². The van der Waals surface area contributed by atoms with Gasteiger partial charge < -0.3 is 4.57 Å². The summed E-state index contributed by atoms with van der Waals surface area (Å²) < 4.78 is 2.24. The van der Waals surface area contributed by atoms with Gasteiger partial charge in [0, 0.05) is 37.6 Å². The molecule has 1 aromatic heterocycles. The van der Waals surface area contributed by atoms with E-state index in [2.05, 4.69) is 52.9 Å². The third-order valence-electron chi connectivity index (χ3n) is 5.60. The number of benzene rings is 2. The molecule has 0 bridgehead atoms. The van der Waals surface area contributed by atoms with Gasteiger partial charge in [-0.2, -0.15) is 0 Å². The molecule has 1 aliphatic heterocycles. The molecular weight excluding hydrogens is 350 g/mol. The highest BCUT2D eigenvalue weighted by molar-refractivity contribution is 5.46. The lowest BCUT2D eigenvalue weighted by molar-refractivity contribution is -0.385. The second-order valence-electron chi connectivity index (χ2n) is 7.34. The van der Waals surface area contributed by atoms with Gasteiger partial charge in [-0.1, -0.05) is 49.4 Å². The second kappa shape index (κ2) is 7.98. The number of hydrogen-bond donors (Lipinski definition) is 0. The van der Waals surface area contributed by atoms with Crippen LogP contribution in [0.2, 0.25) is 0 Å². The average molecular weight is 375 g/mol. The van der Waals surface area contributed by atoms with E-state index in [0.717, 1.165) is 43.7 Å². The molecule has 0 radical (unpaired) electrons. The van der Waals surface area contributed by atoms with Gasteiger partial charge >= 0.3 is 0 Å². The number of nitro groups is 1. The quantitative estimate of drug-likeness (QED) is 0.468. The van der Waals surface area contributed by atoms with Crippen LogP contribution >= 0.6 is 0 Å². The van der Waals surface area contributed by atoms with Gasteiger partial charge in [0.25, 0.3) is 5.69 Å². The van der Waals surface area contributed by atoms with Gasteiger partial charge in [-0.15, -0.1) is 0 Å². The van der Waals surface area contributed by atoms with Crippen LogP contribution in [0.4, 0.5) is 5.69 Å². The highest BCUT2D eigenvalue weighted by atomic mass is 16.6. The van der Waals surface area contributed by atoms with Crippen molar-refractivity contribution in [2.75, 3.05) is 6.54 Å². The lowest BCUT2D eigenvalue weighted by atomic mass is 9.99. The second-order valence-corrected chi connectivity index (χ2v) is 7.34. The minimum Gasteiger partial charge on any atom is -0.350 e. The van der Waals surface area contributed by atoms with Crippen molar-refractivity contribution >= 4 is 5.69 Å². The molecule has 144 valence electrons. The summed E-state index contributed by atoms with van der Waals surface area (Å²) in [6, 6.07) is 19.9. The molecule has 0 saturated carbocycles. The van der Waals surface area contributed by atoms with E-state index < -0.39 is 0 Å². The molecule has 28 heavy (non-hydrogen) atoms. The molecule has 5 nitrogen and oxygen atoms in total. The minimum atomic E-state index is -0.262. The van der Waals surface area contributed by atoms with Crippen LogP contribution in [0.5, 0.6) is 0 Å². The van der Waals surface area contributed by atoms with Crippen LogP contribution in [-0.4, -0.2) is 20.9 Å². The van der Waals surface area contributed by atoms with Gasteiger partial charge in [0.1, 0.15) is 0 Å². The van der Waals surface area contributed by atoms with Gasteiger partial charge in [0.15, 0.2) is 0 Å². The Labute approximate surface area is 165 Å². The summed E-state index contributed by atoms with van der Waals surface area (Å²) in [4.78, 5) is 13.8. The van der Waals surface area contributed by atoms with E-state index >= 15 is 0 Å². The summed E-state index contributed by atoms with van der Waals surface area (Å²) in [5.74, 6) is 0. The number of hydrogen-bond acceptors (Lipinski definition) is 3. The molecule has 0 N–H and O–H groups in total. The molecule has 0 spiro atoms. The van der Waals surface area contributed by atoms with Crippen molar-refractivity contribution < 1.29 is 4.92 Å². The minimum absolute atomic E-state index is 0.134. The molecule has 1 aliphatic rings. The maximum Gasteiger partial charge on any atom is 0.274 e. The van der Waals surface area contributed by atoms with Crippen molar-refractivity contribution in [1.29, 1.82) is 0 Å². The van der Waals surface area contributed by atoms with Gasteiger partial charge in [0.05, 0.1) is 16.5 Å². The Hall–Kier alpha value is -2.92. The Morgan fingerprint density at radius 1 is 1.00 bits per heavy atom. The highest BCUT2D eigenvalue weighted by Crippen LogP contribution is 2.37. The van der Waals surface area contributed by atoms with Crippen molar-refractivity contribution in [2.24, 2.45) is 0 Å². The van der Waals surface area contributed by atoms with E-state index in [-0.39, 0.29) is 16.7 Å². The molecule has 0 amide bonds. The Balaban J connectivity index is 1.76. The van der Waals surface area contributed by atoms with Crippen molar-refractivity contribution in [3.8, 4) is 0 Å². The van der Waals surface area contributed by atoms with Gasteiger partial charge in [-0.3, -0.25) is 15.0 Å². The summed E-state index contributed by atoms with van der Waals surface area (Å²) in [7, 11) is 0. The molecule has 2 heterocycles. The topological polar surface area (TPSA) is 51.3 Å². The monoisotopic (exact) mass is 375 g/mol. The molecule has 2 aromatic carbocycles. The van der Waals surface area contributed by atoms with Crippen LogP contribution in [0.15, 0.2) is 66.9 Å².